The number of anilines is 2. The van der Waals surface area contributed by atoms with Crippen LogP contribution in [0.2, 0.25) is 0 Å². The monoisotopic (exact) mass is 422 g/mol. The highest BCUT2D eigenvalue weighted by molar-refractivity contribution is 6.14. The molecule has 0 radical (unpaired) electrons. The van der Waals surface area contributed by atoms with Gasteiger partial charge in [-0.2, -0.15) is 0 Å². The van der Waals surface area contributed by atoms with Crippen LogP contribution in [0.25, 0.3) is 0 Å². The summed E-state index contributed by atoms with van der Waals surface area (Å²) in [5.74, 6) is -0.167. The summed E-state index contributed by atoms with van der Waals surface area (Å²) in [6.07, 6.45) is 0. The molecule has 0 saturated carbocycles. The third kappa shape index (κ3) is 4.57. The largest absolute Gasteiger partial charge is 0.378 e. The fourth-order valence-corrected chi connectivity index (χ4v) is 4.13. The Labute approximate surface area is 183 Å². The lowest BCUT2D eigenvalue weighted by Crippen LogP contribution is -2.40. The summed E-state index contributed by atoms with van der Waals surface area (Å²) in [6, 6.07) is 15.4. The van der Waals surface area contributed by atoms with Crippen molar-refractivity contribution < 1.29 is 14.3 Å². The topological polar surface area (TPSA) is 56.3 Å². The molecule has 0 aliphatic carbocycles. The molecule has 31 heavy (non-hydrogen) atoms. The Morgan fingerprint density at radius 1 is 0.968 bits per heavy atom. The third-order valence-electron chi connectivity index (χ3n) is 5.91. The summed E-state index contributed by atoms with van der Waals surface area (Å²) < 4.78 is 5.42. The van der Waals surface area contributed by atoms with Crippen molar-refractivity contribution in [3.05, 3.63) is 59.7 Å². The van der Waals surface area contributed by atoms with Crippen molar-refractivity contribution in [2.24, 2.45) is 0 Å². The van der Waals surface area contributed by atoms with Gasteiger partial charge in [-0.15, -0.1) is 0 Å². The quantitative estimate of drug-likeness (QED) is 0.670. The Kier molecular flexibility index (Phi) is 6.25. The van der Waals surface area contributed by atoms with E-state index in [2.05, 4.69) is 29.2 Å². The third-order valence-corrected chi connectivity index (χ3v) is 5.91. The van der Waals surface area contributed by atoms with E-state index in [1.54, 1.807) is 11.8 Å². The highest BCUT2D eigenvalue weighted by Gasteiger charge is 2.43. The van der Waals surface area contributed by atoms with Crippen LogP contribution in [0.4, 0.5) is 16.2 Å². The van der Waals surface area contributed by atoms with E-state index < -0.39 is 6.04 Å². The van der Waals surface area contributed by atoms with Gasteiger partial charge in [0, 0.05) is 31.0 Å². The van der Waals surface area contributed by atoms with Gasteiger partial charge in [-0.3, -0.25) is 14.6 Å². The molecule has 164 valence electrons. The minimum Gasteiger partial charge on any atom is -0.378 e. The molecule has 2 aliphatic rings. The van der Waals surface area contributed by atoms with Crippen LogP contribution >= 0.6 is 0 Å². The number of carbonyl (C=O) groups is 2. The molecule has 2 aromatic carbocycles. The molecule has 0 spiro atoms. The van der Waals surface area contributed by atoms with Gasteiger partial charge in [-0.1, -0.05) is 29.8 Å². The summed E-state index contributed by atoms with van der Waals surface area (Å²) in [5.41, 5.74) is 4.20. The first kappa shape index (κ1) is 21.3. The summed E-state index contributed by atoms with van der Waals surface area (Å²) in [4.78, 5) is 33.0. The lowest BCUT2D eigenvalue weighted by atomic mass is 10.2. The molecule has 2 aromatic rings. The number of rotatable bonds is 6. The highest BCUT2D eigenvalue weighted by atomic mass is 16.5. The van der Waals surface area contributed by atoms with E-state index in [0.29, 0.717) is 6.54 Å². The summed E-state index contributed by atoms with van der Waals surface area (Å²) >= 11 is 0. The highest BCUT2D eigenvalue weighted by Crippen LogP contribution is 2.26. The van der Waals surface area contributed by atoms with Crippen LogP contribution in [0.1, 0.15) is 18.1 Å². The zero-order valence-corrected chi connectivity index (χ0v) is 18.5. The molecule has 7 nitrogen and oxygen atoms in total. The standard InChI is InChI=1S/C24H30N4O3/c1-18-4-8-22(9-5-18)28-19(2)23(29)27(24(28)30)17-25(3)16-20-6-10-21(11-7-20)26-12-14-31-15-13-26/h4-11,19H,12-17H2,1-3H3/t19-/m0/s1. The van der Waals surface area contributed by atoms with Gasteiger partial charge in [0.2, 0.25) is 0 Å². The molecule has 0 N–H and O–H groups in total. The van der Waals surface area contributed by atoms with Crippen molar-refractivity contribution in [3.63, 3.8) is 0 Å². The first-order valence-corrected chi connectivity index (χ1v) is 10.8. The smallest absolute Gasteiger partial charge is 0.333 e. The molecule has 2 saturated heterocycles. The SMILES string of the molecule is Cc1ccc(N2C(=O)N(CN(C)Cc3ccc(N4CCOCC4)cc3)C(=O)[C@@H]2C)cc1. The second kappa shape index (κ2) is 9.08. The number of imide groups is 1. The Hall–Kier alpha value is -2.90. The van der Waals surface area contributed by atoms with Gasteiger partial charge in [0.15, 0.2) is 0 Å². The number of benzene rings is 2. The number of ether oxygens (including phenoxy) is 1. The van der Waals surface area contributed by atoms with Gasteiger partial charge < -0.3 is 9.64 Å². The first-order valence-electron chi connectivity index (χ1n) is 10.8. The van der Waals surface area contributed by atoms with E-state index in [1.165, 1.54) is 10.6 Å². The molecule has 1 atom stereocenters. The Bertz CT molecular complexity index is 923. The van der Waals surface area contributed by atoms with Crippen LogP contribution in [0.5, 0.6) is 0 Å². The van der Waals surface area contributed by atoms with Gasteiger partial charge in [-0.05, 0) is 50.7 Å². The van der Waals surface area contributed by atoms with Crippen molar-refractivity contribution in [3.8, 4) is 0 Å². The van der Waals surface area contributed by atoms with Crippen molar-refractivity contribution in [2.45, 2.75) is 26.4 Å². The average Bonchev–Trinajstić information content (AvgIpc) is 2.99. The second-order valence-electron chi connectivity index (χ2n) is 8.35. The predicted molar refractivity (Wildman–Crippen MR) is 121 cm³/mol. The second-order valence-corrected chi connectivity index (χ2v) is 8.35. The lowest BCUT2D eigenvalue weighted by Gasteiger charge is -2.29. The fraction of sp³-hybridized carbons (Fsp3) is 0.417. The van der Waals surface area contributed by atoms with E-state index in [0.717, 1.165) is 43.1 Å². The molecule has 0 aromatic heterocycles. The van der Waals surface area contributed by atoms with Crippen molar-refractivity contribution in [2.75, 3.05) is 49.8 Å². The van der Waals surface area contributed by atoms with Crippen molar-refractivity contribution >= 4 is 23.3 Å². The molecular formula is C24H30N4O3. The molecule has 0 unspecified atom stereocenters. The van der Waals surface area contributed by atoms with E-state index in [-0.39, 0.29) is 18.6 Å². The Morgan fingerprint density at radius 2 is 1.58 bits per heavy atom. The Balaban J connectivity index is 1.38. The van der Waals surface area contributed by atoms with Crippen LogP contribution < -0.4 is 9.80 Å². The van der Waals surface area contributed by atoms with E-state index in [9.17, 15) is 9.59 Å². The fourth-order valence-electron chi connectivity index (χ4n) is 4.13. The molecular weight excluding hydrogens is 392 g/mol. The van der Waals surface area contributed by atoms with Crippen molar-refractivity contribution in [1.29, 1.82) is 0 Å². The van der Waals surface area contributed by atoms with E-state index >= 15 is 0 Å². The Morgan fingerprint density at radius 3 is 2.23 bits per heavy atom. The molecule has 2 heterocycles. The molecule has 4 rings (SSSR count). The number of aryl methyl sites for hydroxylation is 1. The molecule has 0 bridgehead atoms. The van der Waals surface area contributed by atoms with Gasteiger partial charge >= 0.3 is 6.03 Å². The zero-order chi connectivity index (χ0) is 22.0. The van der Waals surface area contributed by atoms with Gasteiger partial charge in [-0.25, -0.2) is 9.69 Å². The van der Waals surface area contributed by atoms with Gasteiger partial charge in [0.25, 0.3) is 5.91 Å². The average molecular weight is 423 g/mol. The van der Waals surface area contributed by atoms with Crippen LogP contribution in [-0.4, -0.2) is 67.8 Å². The number of carbonyl (C=O) groups excluding carboxylic acids is 2. The number of nitrogens with zero attached hydrogens (tertiary/aromatic N) is 4. The van der Waals surface area contributed by atoms with Crippen LogP contribution in [0.15, 0.2) is 48.5 Å². The predicted octanol–water partition coefficient (Wildman–Crippen LogP) is 3.08. The minimum absolute atomic E-state index is 0.167. The normalized spacial score (nSPS) is 19.6. The summed E-state index contributed by atoms with van der Waals surface area (Å²) in [7, 11) is 1.93. The van der Waals surface area contributed by atoms with Gasteiger partial charge in [0.1, 0.15) is 6.04 Å². The number of urea groups is 1. The zero-order valence-electron chi connectivity index (χ0n) is 18.5. The van der Waals surface area contributed by atoms with E-state index in [1.807, 2.05) is 43.1 Å². The maximum Gasteiger partial charge on any atom is 0.333 e. The van der Waals surface area contributed by atoms with Crippen LogP contribution in [0, 0.1) is 6.92 Å². The summed E-state index contributed by atoms with van der Waals surface area (Å²) in [5, 5.41) is 0. The van der Waals surface area contributed by atoms with E-state index in [4.69, 9.17) is 4.74 Å². The molecule has 3 amide bonds. The molecule has 7 heteroatoms. The summed E-state index contributed by atoms with van der Waals surface area (Å²) in [6.45, 7) is 8.04. The molecule has 2 aliphatic heterocycles. The van der Waals surface area contributed by atoms with Gasteiger partial charge in [0.05, 0.1) is 19.9 Å². The maximum absolute atomic E-state index is 13.0. The van der Waals surface area contributed by atoms with Crippen molar-refractivity contribution in [1.82, 2.24) is 9.80 Å². The minimum atomic E-state index is -0.503. The molecule has 2 fully saturated rings. The first-order chi connectivity index (χ1) is 14.9. The number of hydrogen-bond acceptors (Lipinski definition) is 5. The lowest BCUT2D eigenvalue weighted by molar-refractivity contribution is -0.128. The van der Waals surface area contributed by atoms with Crippen LogP contribution in [0.3, 0.4) is 0 Å². The number of morpholine rings is 1. The maximum atomic E-state index is 13.0. The number of amides is 3. The number of hydrogen-bond donors (Lipinski definition) is 0. The van der Waals surface area contributed by atoms with Crippen LogP contribution in [-0.2, 0) is 16.1 Å².